The molecule has 3 aromatic heterocycles. The van der Waals surface area contributed by atoms with Crippen LogP contribution in [0.2, 0.25) is 0 Å². The molecule has 8 heteroatoms. The molecule has 4 aromatic rings. The largest absolute Gasteiger partial charge is 0.355 e. The highest BCUT2D eigenvalue weighted by molar-refractivity contribution is 7.14. The fraction of sp³-hybridized carbons (Fsp3) is 0.136. The van der Waals surface area contributed by atoms with Crippen molar-refractivity contribution in [3.63, 3.8) is 0 Å². The Labute approximate surface area is 177 Å². The number of benzene rings is 1. The van der Waals surface area contributed by atoms with Gasteiger partial charge in [-0.05, 0) is 12.1 Å². The van der Waals surface area contributed by atoms with Gasteiger partial charge in [-0.1, -0.05) is 36.4 Å². The van der Waals surface area contributed by atoms with Gasteiger partial charge in [0.1, 0.15) is 17.8 Å². The van der Waals surface area contributed by atoms with Crippen LogP contribution in [-0.2, 0) is 4.79 Å². The first-order valence-corrected chi connectivity index (χ1v) is 10.4. The van der Waals surface area contributed by atoms with Gasteiger partial charge in [0.05, 0.1) is 17.3 Å². The Bertz CT molecular complexity index is 1160. The van der Waals surface area contributed by atoms with Crippen molar-refractivity contribution in [1.82, 2.24) is 19.9 Å². The first kappa shape index (κ1) is 18.4. The summed E-state index contributed by atoms with van der Waals surface area (Å²) in [5.74, 6) is 0.715. The standard InChI is InChI=1S/C22H18N6OS/c29-21(27-22-26-19(13-30-22)17-8-4-5-9-23-17)16-11-28(12-16)20-10-18(24-14-25-20)15-6-2-1-3-7-15/h1-10,13-14,16H,11-12H2,(H,26,27,29). The van der Waals surface area contributed by atoms with Gasteiger partial charge in [0.25, 0.3) is 0 Å². The molecule has 5 rings (SSSR count). The average molecular weight is 414 g/mol. The van der Waals surface area contributed by atoms with Crippen molar-refractivity contribution in [1.29, 1.82) is 0 Å². The molecule has 4 heterocycles. The minimum absolute atomic E-state index is 0.0227. The van der Waals surface area contributed by atoms with Crippen LogP contribution in [0.5, 0.6) is 0 Å². The normalized spacial score (nSPS) is 13.7. The molecule has 1 N–H and O–H groups in total. The Hall–Kier alpha value is -3.65. The molecule has 0 saturated carbocycles. The first-order chi connectivity index (χ1) is 14.8. The van der Waals surface area contributed by atoms with Gasteiger partial charge in [0, 0.05) is 36.3 Å². The van der Waals surface area contributed by atoms with E-state index in [1.54, 1.807) is 12.5 Å². The lowest BCUT2D eigenvalue weighted by Crippen LogP contribution is -2.52. The number of carbonyl (C=O) groups excluding carboxylic acids is 1. The van der Waals surface area contributed by atoms with Crippen molar-refractivity contribution in [3.8, 4) is 22.6 Å². The SMILES string of the molecule is O=C(Nc1nc(-c2ccccn2)cs1)C1CN(c2cc(-c3ccccc3)ncn2)C1. The fourth-order valence-corrected chi connectivity index (χ4v) is 4.00. The number of nitrogens with zero attached hydrogens (tertiary/aromatic N) is 5. The molecule has 0 unspecified atom stereocenters. The molecule has 1 fully saturated rings. The summed E-state index contributed by atoms with van der Waals surface area (Å²) in [6.45, 7) is 1.24. The number of nitrogens with one attached hydrogen (secondary N) is 1. The smallest absolute Gasteiger partial charge is 0.232 e. The summed E-state index contributed by atoms with van der Waals surface area (Å²) in [7, 11) is 0. The molecule has 0 radical (unpaired) electrons. The van der Waals surface area contributed by atoms with Crippen molar-refractivity contribution in [2.75, 3.05) is 23.3 Å². The van der Waals surface area contributed by atoms with Gasteiger partial charge in [-0.3, -0.25) is 9.78 Å². The van der Waals surface area contributed by atoms with Crippen LogP contribution in [0.25, 0.3) is 22.6 Å². The fourth-order valence-electron chi connectivity index (χ4n) is 3.29. The van der Waals surface area contributed by atoms with Crippen LogP contribution in [0, 0.1) is 5.92 Å². The number of pyridine rings is 1. The molecule has 1 amide bonds. The Kier molecular flexibility index (Phi) is 4.90. The number of thiazole rings is 1. The van der Waals surface area contributed by atoms with Crippen LogP contribution in [0.4, 0.5) is 10.9 Å². The first-order valence-electron chi connectivity index (χ1n) is 9.56. The van der Waals surface area contributed by atoms with Gasteiger partial charge >= 0.3 is 0 Å². The Morgan fingerprint density at radius 1 is 0.967 bits per heavy atom. The molecular formula is C22H18N6OS. The molecule has 0 bridgehead atoms. The minimum Gasteiger partial charge on any atom is -0.355 e. The summed E-state index contributed by atoms with van der Waals surface area (Å²) in [6, 6.07) is 17.6. The maximum atomic E-state index is 12.6. The summed E-state index contributed by atoms with van der Waals surface area (Å²) < 4.78 is 0. The maximum Gasteiger partial charge on any atom is 0.232 e. The molecule has 7 nitrogen and oxygen atoms in total. The van der Waals surface area contributed by atoms with Gasteiger partial charge in [0.2, 0.25) is 5.91 Å². The molecule has 0 spiro atoms. The molecule has 148 valence electrons. The summed E-state index contributed by atoms with van der Waals surface area (Å²) in [6.07, 6.45) is 3.30. The number of hydrogen-bond donors (Lipinski definition) is 1. The second-order valence-corrected chi connectivity index (χ2v) is 7.83. The van der Waals surface area contributed by atoms with Gasteiger partial charge in [-0.25, -0.2) is 15.0 Å². The van der Waals surface area contributed by atoms with Crippen molar-refractivity contribution in [2.45, 2.75) is 0 Å². The van der Waals surface area contributed by atoms with Crippen molar-refractivity contribution in [2.24, 2.45) is 5.92 Å². The van der Waals surface area contributed by atoms with Crippen LogP contribution in [0.15, 0.2) is 72.5 Å². The summed E-state index contributed by atoms with van der Waals surface area (Å²) >= 11 is 1.40. The summed E-state index contributed by atoms with van der Waals surface area (Å²) in [4.78, 5) is 32.2. The highest BCUT2D eigenvalue weighted by Crippen LogP contribution is 2.28. The van der Waals surface area contributed by atoms with E-state index in [0.29, 0.717) is 18.2 Å². The van der Waals surface area contributed by atoms with E-state index in [4.69, 9.17) is 0 Å². The van der Waals surface area contributed by atoms with E-state index in [2.05, 4.69) is 30.2 Å². The van der Waals surface area contributed by atoms with Gasteiger partial charge in [-0.15, -0.1) is 11.3 Å². The van der Waals surface area contributed by atoms with E-state index in [1.165, 1.54) is 11.3 Å². The quantitative estimate of drug-likeness (QED) is 0.536. The highest BCUT2D eigenvalue weighted by Gasteiger charge is 2.34. The predicted octanol–water partition coefficient (Wildman–Crippen LogP) is 3.74. The van der Waals surface area contributed by atoms with Crippen molar-refractivity contribution < 1.29 is 4.79 Å². The van der Waals surface area contributed by atoms with Crippen molar-refractivity contribution >= 4 is 28.2 Å². The number of aromatic nitrogens is 4. The minimum atomic E-state index is -0.0951. The Morgan fingerprint density at radius 3 is 2.60 bits per heavy atom. The van der Waals surface area contributed by atoms with Crippen LogP contribution in [0.1, 0.15) is 0 Å². The second kappa shape index (κ2) is 8.00. The molecule has 0 aliphatic carbocycles. The molecule has 1 aliphatic rings. The number of carbonyl (C=O) groups is 1. The lowest BCUT2D eigenvalue weighted by atomic mass is 9.99. The second-order valence-electron chi connectivity index (χ2n) is 6.97. The van der Waals surface area contributed by atoms with E-state index >= 15 is 0 Å². The van der Waals surface area contributed by atoms with Crippen LogP contribution in [-0.4, -0.2) is 38.9 Å². The molecule has 1 aromatic carbocycles. The average Bonchev–Trinajstić information content (AvgIpc) is 3.23. The third-order valence-corrected chi connectivity index (χ3v) is 5.72. The summed E-state index contributed by atoms with van der Waals surface area (Å²) in [5.41, 5.74) is 3.48. The summed E-state index contributed by atoms with van der Waals surface area (Å²) in [5, 5.41) is 5.41. The topological polar surface area (TPSA) is 83.9 Å². The molecule has 0 atom stereocenters. The lowest BCUT2D eigenvalue weighted by Gasteiger charge is -2.38. The third-order valence-electron chi connectivity index (χ3n) is 4.96. The Morgan fingerprint density at radius 2 is 1.80 bits per heavy atom. The monoisotopic (exact) mass is 414 g/mol. The van der Waals surface area contributed by atoms with E-state index in [9.17, 15) is 4.79 Å². The van der Waals surface area contributed by atoms with E-state index in [1.807, 2.05) is 60.0 Å². The maximum absolute atomic E-state index is 12.6. The van der Waals surface area contributed by atoms with Crippen LogP contribution in [0.3, 0.4) is 0 Å². The zero-order valence-corrected chi connectivity index (χ0v) is 16.8. The molecule has 1 aliphatic heterocycles. The molecular weight excluding hydrogens is 396 g/mol. The zero-order valence-electron chi connectivity index (χ0n) is 16.0. The van der Waals surface area contributed by atoms with Gasteiger partial charge < -0.3 is 10.2 Å². The van der Waals surface area contributed by atoms with E-state index in [0.717, 1.165) is 28.5 Å². The van der Waals surface area contributed by atoms with Gasteiger partial charge in [-0.2, -0.15) is 0 Å². The van der Waals surface area contributed by atoms with Crippen LogP contribution >= 0.6 is 11.3 Å². The Balaban J connectivity index is 1.20. The van der Waals surface area contributed by atoms with E-state index in [-0.39, 0.29) is 11.8 Å². The van der Waals surface area contributed by atoms with Gasteiger partial charge in [0.15, 0.2) is 5.13 Å². The predicted molar refractivity (Wildman–Crippen MR) is 117 cm³/mol. The van der Waals surface area contributed by atoms with Crippen molar-refractivity contribution in [3.05, 3.63) is 72.5 Å². The van der Waals surface area contributed by atoms with Crippen LogP contribution < -0.4 is 10.2 Å². The number of hydrogen-bond acceptors (Lipinski definition) is 7. The van der Waals surface area contributed by atoms with E-state index < -0.39 is 0 Å². The number of rotatable bonds is 5. The lowest BCUT2D eigenvalue weighted by molar-refractivity contribution is -0.120. The third kappa shape index (κ3) is 3.77. The molecule has 1 saturated heterocycles. The number of amides is 1. The highest BCUT2D eigenvalue weighted by atomic mass is 32.1. The number of anilines is 2. The molecule has 30 heavy (non-hydrogen) atoms. The zero-order chi connectivity index (χ0) is 20.3.